The van der Waals surface area contributed by atoms with Gasteiger partial charge in [0.25, 0.3) is 5.56 Å². The third kappa shape index (κ3) is 3.15. The lowest BCUT2D eigenvalue weighted by Gasteiger charge is -2.16. The second-order valence-corrected chi connectivity index (χ2v) is 6.80. The van der Waals surface area contributed by atoms with E-state index in [0.29, 0.717) is 12.5 Å². The zero-order valence-corrected chi connectivity index (χ0v) is 13.1. The van der Waals surface area contributed by atoms with Crippen molar-refractivity contribution in [3.63, 3.8) is 0 Å². The summed E-state index contributed by atoms with van der Waals surface area (Å²) in [5.41, 5.74) is 0.801. The number of carbonyl (C=O) groups excluding carboxylic acids is 1. The highest BCUT2D eigenvalue weighted by molar-refractivity contribution is 7.99. The van der Waals surface area contributed by atoms with Crippen molar-refractivity contribution >= 4 is 17.7 Å². The van der Waals surface area contributed by atoms with Crippen LogP contribution in [0.4, 0.5) is 0 Å². The molecule has 2 heterocycles. The molecule has 1 fully saturated rings. The van der Waals surface area contributed by atoms with E-state index < -0.39 is 0 Å². The van der Waals surface area contributed by atoms with Gasteiger partial charge in [-0.15, -0.1) is 0 Å². The van der Waals surface area contributed by atoms with Gasteiger partial charge in [0.15, 0.2) is 5.16 Å². The molecule has 0 spiro atoms. The van der Waals surface area contributed by atoms with Gasteiger partial charge in [0, 0.05) is 30.0 Å². The number of fused-ring (bicyclic) bond motifs is 1. The summed E-state index contributed by atoms with van der Waals surface area (Å²) in [7, 11) is 0. The van der Waals surface area contributed by atoms with Crippen LogP contribution in [0.2, 0.25) is 0 Å². The van der Waals surface area contributed by atoms with Crippen molar-refractivity contribution in [3.05, 3.63) is 22.1 Å². The molecular weight excluding hydrogens is 286 g/mol. The van der Waals surface area contributed by atoms with Gasteiger partial charge in [0.2, 0.25) is 5.91 Å². The van der Waals surface area contributed by atoms with Crippen LogP contribution in [0.25, 0.3) is 0 Å². The first kappa shape index (κ1) is 14.6. The number of hydrogen-bond donors (Lipinski definition) is 1. The lowest BCUT2D eigenvalue weighted by atomic mass is 10.2. The molecule has 0 aromatic carbocycles. The van der Waals surface area contributed by atoms with E-state index in [1.54, 1.807) is 22.4 Å². The van der Waals surface area contributed by atoms with Crippen LogP contribution in [-0.4, -0.2) is 27.3 Å². The Hall–Kier alpha value is -1.30. The summed E-state index contributed by atoms with van der Waals surface area (Å²) < 4.78 is 1.69. The number of hydrogen-bond acceptors (Lipinski definition) is 4. The quantitative estimate of drug-likeness (QED) is 0.863. The number of amides is 1. The predicted molar refractivity (Wildman–Crippen MR) is 82.7 cm³/mol. The molecule has 1 amide bonds. The van der Waals surface area contributed by atoms with E-state index in [1.165, 1.54) is 12.8 Å². The molecule has 1 saturated carbocycles. The van der Waals surface area contributed by atoms with Gasteiger partial charge in [-0.25, -0.2) is 4.98 Å². The maximum absolute atomic E-state index is 12.2. The van der Waals surface area contributed by atoms with Gasteiger partial charge < -0.3 is 5.32 Å². The third-order valence-electron chi connectivity index (χ3n) is 4.25. The molecule has 1 aromatic rings. The Bertz CT molecular complexity index is 593. The fourth-order valence-corrected chi connectivity index (χ4v) is 4.27. The summed E-state index contributed by atoms with van der Waals surface area (Å²) in [4.78, 5) is 28.8. The Labute approximate surface area is 128 Å². The maximum Gasteiger partial charge on any atom is 0.254 e. The number of nitrogens with one attached hydrogen (secondary N) is 1. The van der Waals surface area contributed by atoms with Crippen molar-refractivity contribution < 1.29 is 4.79 Å². The second-order valence-electron chi connectivity index (χ2n) is 5.81. The highest BCUT2D eigenvalue weighted by Gasteiger charge is 2.28. The van der Waals surface area contributed by atoms with Crippen LogP contribution in [-0.2, 0) is 11.2 Å². The fraction of sp³-hybridized carbons (Fsp3) is 0.667. The average Bonchev–Trinajstić information content (AvgIpc) is 3.09. The SMILES string of the molecule is CCc1cc(=O)n2c(n1)SCC2CC(=O)NC1CCCC1. The number of thioether (sulfide) groups is 1. The maximum atomic E-state index is 12.2. The molecule has 0 radical (unpaired) electrons. The minimum Gasteiger partial charge on any atom is -0.353 e. The van der Waals surface area contributed by atoms with Crippen LogP contribution >= 0.6 is 11.8 Å². The van der Waals surface area contributed by atoms with Crippen LogP contribution < -0.4 is 10.9 Å². The van der Waals surface area contributed by atoms with Crippen molar-refractivity contribution in [2.75, 3.05) is 5.75 Å². The van der Waals surface area contributed by atoms with Crippen molar-refractivity contribution in [3.8, 4) is 0 Å². The predicted octanol–water partition coefficient (Wildman–Crippen LogP) is 1.90. The van der Waals surface area contributed by atoms with E-state index in [1.807, 2.05) is 6.92 Å². The van der Waals surface area contributed by atoms with Crippen LogP contribution in [0.3, 0.4) is 0 Å². The average molecular weight is 307 g/mol. The Kier molecular flexibility index (Phi) is 4.33. The summed E-state index contributed by atoms with van der Waals surface area (Å²) >= 11 is 1.58. The summed E-state index contributed by atoms with van der Waals surface area (Å²) in [6, 6.07) is 1.87. The molecule has 0 bridgehead atoms. The fourth-order valence-electron chi connectivity index (χ4n) is 3.10. The van der Waals surface area contributed by atoms with Gasteiger partial charge in [-0.1, -0.05) is 31.5 Å². The molecular formula is C15H21N3O2S. The molecule has 2 aliphatic rings. The molecule has 3 rings (SSSR count). The number of carbonyl (C=O) groups is 1. The van der Waals surface area contributed by atoms with Gasteiger partial charge in [-0.2, -0.15) is 0 Å². The van der Waals surface area contributed by atoms with E-state index in [2.05, 4.69) is 10.3 Å². The number of aromatic nitrogens is 2. The molecule has 114 valence electrons. The van der Waals surface area contributed by atoms with Gasteiger partial charge >= 0.3 is 0 Å². The van der Waals surface area contributed by atoms with Crippen LogP contribution in [0.5, 0.6) is 0 Å². The van der Waals surface area contributed by atoms with E-state index in [9.17, 15) is 9.59 Å². The first-order chi connectivity index (χ1) is 10.2. The van der Waals surface area contributed by atoms with Gasteiger partial charge in [-0.3, -0.25) is 14.2 Å². The largest absolute Gasteiger partial charge is 0.353 e. The summed E-state index contributed by atoms with van der Waals surface area (Å²) in [6.07, 6.45) is 5.72. The van der Waals surface area contributed by atoms with E-state index in [4.69, 9.17) is 0 Å². The molecule has 1 unspecified atom stereocenters. The smallest absolute Gasteiger partial charge is 0.254 e. The number of aryl methyl sites for hydroxylation is 1. The van der Waals surface area contributed by atoms with Crippen molar-refractivity contribution in [1.29, 1.82) is 0 Å². The lowest BCUT2D eigenvalue weighted by molar-refractivity contribution is -0.122. The molecule has 6 heteroatoms. The summed E-state index contributed by atoms with van der Waals surface area (Å²) in [5, 5.41) is 3.86. The standard InChI is InChI=1S/C15H21N3O2S/c1-2-10-7-14(20)18-12(9-21-15(18)17-10)8-13(19)16-11-5-3-4-6-11/h7,11-12H,2-6,8-9H2,1H3,(H,16,19). The minimum atomic E-state index is -0.0580. The Balaban J connectivity index is 1.69. The molecule has 0 saturated heterocycles. The van der Waals surface area contributed by atoms with Crippen LogP contribution in [0.15, 0.2) is 16.0 Å². The second kappa shape index (κ2) is 6.22. The summed E-state index contributed by atoms with van der Waals surface area (Å²) in [5.74, 6) is 0.819. The van der Waals surface area contributed by atoms with Crippen molar-refractivity contribution in [2.24, 2.45) is 0 Å². The van der Waals surface area contributed by atoms with E-state index in [0.717, 1.165) is 35.9 Å². The Morgan fingerprint density at radius 3 is 2.95 bits per heavy atom. The molecule has 1 N–H and O–H groups in total. The van der Waals surface area contributed by atoms with Crippen molar-refractivity contribution in [2.45, 2.75) is 62.7 Å². The first-order valence-corrected chi connectivity index (χ1v) is 8.70. The van der Waals surface area contributed by atoms with E-state index in [-0.39, 0.29) is 17.5 Å². The number of nitrogens with zero attached hydrogens (tertiary/aromatic N) is 2. The zero-order valence-electron chi connectivity index (χ0n) is 12.3. The zero-order chi connectivity index (χ0) is 14.8. The molecule has 21 heavy (non-hydrogen) atoms. The first-order valence-electron chi connectivity index (χ1n) is 7.72. The van der Waals surface area contributed by atoms with Crippen LogP contribution in [0, 0.1) is 0 Å². The van der Waals surface area contributed by atoms with Crippen LogP contribution in [0.1, 0.15) is 50.8 Å². The summed E-state index contributed by atoms with van der Waals surface area (Å²) in [6.45, 7) is 1.99. The van der Waals surface area contributed by atoms with Crippen molar-refractivity contribution in [1.82, 2.24) is 14.9 Å². The normalized spacial score (nSPS) is 21.5. The Morgan fingerprint density at radius 1 is 1.48 bits per heavy atom. The highest BCUT2D eigenvalue weighted by atomic mass is 32.2. The van der Waals surface area contributed by atoms with Gasteiger partial charge in [0.05, 0.1) is 6.04 Å². The minimum absolute atomic E-state index is 0.0273. The molecule has 5 nitrogen and oxygen atoms in total. The molecule has 1 atom stereocenters. The molecule has 1 aliphatic heterocycles. The monoisotopic (exact) mass is 307 g/mol. The van der Waals surface area contributed by atoms with E-state index >= 15 is 0 Å². The van der Waals surface area contributed by atoms with Gasteiger partial charge in [0.1, 0.15) is 0 Å². The molecule has 1 aliphatic carbocycles. The topological polar surface area (TPSA) is 64.0 Å². The third-order valence-corrected chi connectivity index (χ3v) is 5.34. The lowest BCUT2D eigenvalue weighted by Crippen LogP contribution is -2.35. The highest BCUT2D eigenvalue weighted by Crippen LogP contribution is 2.32. The number of rotatable bonds is 4. The molecule has 1 aromatic heterocycles. The Morgan fingerprint density at radius 2 is 2.24 bits per heavy atom. The van der Waals surface area contributed by atoms with Gasteiger partial charge in [-0.05, 0) is 19.3 Å².